The van der Waals surface area contributed by atoms with E-state index >= 15 is 0 Å². The van der Waals surface area contributed by atoms with Crippen LogP contribution in [0.1, 0.15) is 43.1 Å². The second-order valence-corrected chi connectivity index (χ2v) is 6.86. The quantitative estimate of drug-likeness (QED) is 0.583. The minimum Gasteiger partial charge on any atom is -0.491 e. The topological polar surface area (TPSA) is 39.0 Å². The molecule has 0 spiro atoms. The Labute approximate surface area is 156 Å². The lowest BCUT2D eigenvalue weighted by Gasteiger charge is -2.14. The Balaban J connectivity index is 1.52. The highest BCUT2D eigenvalue weighted by molar-refractivity contribution is 5.28. The summed E-state index contributed by atoms with van der Waals surface area (Å²) < 4.78 is 11.4. The molecule has 0 amide bonds. The molecule has 3 rings (SSSR count). The van der Waals surface area contributed by atoms with E-state index < -0.39 is 0 Å². The van der Waals surface area contributed by atoms with Gasteiger partial charge >= 0.3 is 0 Å². The fourth-order valence-corrected chi connectivity index (χ4v) is 3.18. The summed E-state index contributed by atoms with van der Waals surface area (Å²) in [4.78, 5) is 0. The monoisotopic (exact) mass is 350 g/mol. The first kappa shape index (κ1) is 18.3. The van der Waals surface area contributed by atoms with Crippen molar-refractivity contribution in [2.24, 2.45) is 0 Å². The zero-order valence-corrected chi connectivity index (χ0v) is 15.6. The summed E-state index contributed by atoms with van der Waals surface area (Å²) in [5, 5.41) is 2.36. The molecule has 0 saturated heterocycles. The van der Waals surface area contributed by atoms with Crippen LogP contribution < -0.4 is 10.1 Å². The number of quaternary nitrogens is 1. The van der Waals surface area contributed by atoms with Crippen LogP contribution in [0.5, 0.6) is 5.75 Å². The van der Waals surface area contributed by atoms with Crippen molar-refractivity contribution < 1.29 is 14.5 Å². The van der Waals surface area contributed by atoms with Crippen LogP contribution in [-0.4, -0.2) is 12.6 Å². The predicted molar refractivity (Wildman–Crippen MR) is 104 cm³/mol. The third-order valence-corrected chi connectivity index (χ3v) is 4.42. The molecule has 0 aliphatic heterocycles. The zero-order chi connectivity index (χ0) is 18.2. The van der Waals surface area contributed by atoms with E-state index in [1.807, 2.05) is 19.9 Å². The number of ether oxygens (including phenoxy) is 1. The van der Waals surface area contributed by atoms with Gasteiger partial charge in [-0.15, -0.1) is 0 Å². The molecule has 1 atom stereocenters. The van der Waals surface area contributed by atoms with Crippen molar-refractivity contribution in [3.8, 4) is 5.75 Å². The van der Waals surface area contributed by atoms with Gasteiger partial charge in [0, 0.05) is 17.9 Å². The van der Waals surface area contributed by atoms with Gasteiger partial charge in [-0.1, -0.05) is 30.3 Å². The second kappa shape index (κ2) is 9.25. The maximum absolute atomic E-state index is 5.70. The van der Waals surface area contributed by atoms with E-state index in [0.29, 0.717) is 5.92 Å². The standard InChI is InChI=1S/C23H27NO2/c1-18(2)26-21-12-10-19(11-13-21)17-24-15-14-22(23-9-6-16-25-23)20-7-4-3-5-8-20/h3-13,16,18,22,24H,14-15,17H2,1-2H3/p+1. The van der Waals surface area contributed by atoms with Gasteiger partial charge in [-0.25, -0.2) is 0 Å². The average molecular weight is 350 g/mol. The van der Waals surface area contributed by atoms with Crippen LogP contribution in [0, 0.1) is 0 Å². The highest BCUT2D eigenvalue weighted by Crippen LogP contribution is 2.27. The van der Waals surface area contributed by atoms with Gasteiger partial charge in [0.2, 0.25) is 0 Å². The zero-order valence-electron chi connectivity index (χ0n) is 15.6. The van der Waals surface area contributed by atoms with Crippen molar-refractivity contribution in [1.29, 1.82) is 0 Å². The minimum absolute atomic E-state index is 0.212. The van der Waals surface area contributed by atoms with Crippen LogP contribution in [0.3, 0.4) is 0 Å². The minimum atomic E-state index is 0.212. The van der Waals surface area contributed by atoms with Gasteiger partial charge in [-0.3, -0.25) is 0 Å². The molecule has 136 valence electrons. The summed E-state index contributed by atoms with van der Waals surface area (Å²) in [5.41, 5.74) is 2.63. The first-order chi connectivity index (χ1) is 12.7. The summed E-state index contributed by atoms with van der Waals surface area (Å²) in [6.45, 7) is 6.11. The lowest BCUT2D eigenvalue weighted by atomic mass is 9.93. The SMILES string of the molecule is CC(C)Oc1ccc(C[NH2+]CCC(c2ccccc2)c2ccco2)cc1. The van der Waals surface area contributed by atoms with Crippen LogP contribution in [0.2, 0.25) is 0 Å². The van der Waals surface area contributed by atoms with Gasteiger partial charge in [0.1, 0.15) is 18.1 Å². The molecular formula is C23H28NO2+. The molecule has 3 aromatic rings. The van der Waals surface area contributed by atoms with E-state index in [-0.39, 0.29) is 6.10 Å². The molecule has 0 fully saturated rings. The van der Waals surface area contributed by atoms with Gasteiger partial charge in [-0.2, -0.15) is 0 Å². The van der Waals surface area contributed by atoms with E-state index in [1.54, 1.807) is 6.26 Å². The summed E-state index contributed by atoms with van der Waals surface area (Å²) >= 11 is 0. The maximum Gasteiger partial charge on any atom is 0.119 e. The fraction of sp³-hybridized carbons (Fsp3) is 0.304. The summed E-state index contributed by atoms with van der Waals surface area (Å²) in [7, 11) is 0. The Bertz CT molecular complexity index is 749. The molecule has 1 aromatic heterocycles. The highest BCUT2D eigenvalue weighted by atomic mass is 16.5. The first-order valence-electron chi connectivity index (χ1n) is 9.38. The molecule has 2 aromatic carbocycles. The average Bonchev–Trinajstić information content (AvgIpc) is 3.18. The summed E-state index contributed by atoms with van der Waals surface area (Å²) in [6, 6.07) is 23.1. The number of hydrogen-bond acceptors (Lipinski definition) is 2. The Hall–Kier alpha value is -2.52. The van der Waals surface area contributed by atoms with Gasteiger partial charge in [-0.05, 0) is 55.8 Å². The van der Waals surface area contributed by atoms with Crippen LogP contribution in [0.25, 0.3) is 0 Å². The molecule has 3 heteroatoms. The van der Waals surface area contributed by atoms with Gasteiger partial charge in [0.05, 0.1) is 18.9 Å². The Kier molecular flexibility index (Phi) is 6.50. The van der Waals surface area contributed by atoms with E-state index in [2.05, 4.69) is 66.0 Å². The predicted octanol–water partition coefficient (Wildman–Crippen LogP) is 4.35. The van der Waals surface area contributed by atoms with Gasteiger partial charge in [0.15, 0.2) is 0 Å². The number of benzene rings is 2. The number of furan rings is 1. The Morgan fingerprint density at radius 3 is 2.35 bits per heavy atom. The van der Waals surface area contributed by atoms with Crippen molar-refractivity contribution in [2.45, 2.75) is 38.8 Å². The largest absolute Gasteiger partial charge is 0.491 e. The van der Waals surface area contributed by atoms with Gasteiger partial charge < -0.3 is 14.5 Å². The van der Waals surface area contributed by atoms with E-state index in [1.165, 1.54) is 11.1 Å². The van der Waals surface area contributed by atoms with E-state index in [9.17, 15) is 0 Å². The normalized spacial score (nSPS) is 12.3. The van der Waals surface area contributed by atoms with Crippen molar-refractivity contribution >= 4 is 0 Å². The number of rotatable bonds is 9. The smallest absolute Gasteiger partial charge is 0.119 e. The third kappa shape index (κ3) is 5.24. The lowest BCUT2D eigenvalue weighted by Crippen LogP contribution is -2.82. The Morgan fingerprint density at radius 2 is 1.69 bits per heavy atom. The van der Waals surface area contributed by atoms with Crippen molar-refractivity contribution in [1.82, 2.24) is 0 Å². The summed E-state index contributed by atoms with van der Waals surface area (Å²) in [6.07, 6.45) is 3.02. The third-order valence-electron chi connectivity index (χ3n) is 4.42. The van der Waals surface area contributed by atoms with Crippen LogP contribution >= 0.6 is 0 Å². The van der Waals surface area contributed by atoms with Crippen LogP contribution in [0.15, 0.2) is 77.4 Å². The first-order valence-corrected chi connectivity index (χ1v) is 9.38. The fourth-order valence-electron chi connectivity index (χ4n) is 3.18. The molecule has 0 aliphatic carbocycles. The van der Waals surface area contributed by atoms with Crippen LogP contribution in [-0.2, 0) is 6.54 Å². The molecular weight excluding hydrogens is 322 g/mol. The maximum atomic E-state index is 5.70. The van der Waals surface area contributed by atoms with Gasteiger partial charge in [0.25, 0.3) is 0 Å². The molecule has 1 unspecified atom stereocenters. The number of hydrogen-bond donors (Lipinski definition) is 1. The van der Waals surface area contributed by atoms with E-state index in [0.717, 1.165) is 31.0 Å². The summed E-state index contributed by atoms with van der Waals surface area (Å²) in [5.74, 6) is 2.29. The van der Waals surface area contributed by atoms with Crippen LogP contribution in [0.4, 0.5) is 0 Å². The molecule has 1 heterocycles. The molecule has 3 nitrogen and oxygen atoms in total. The number of nitrogens with two attached hydrogens (primary N) is 1. The van der Waals surface area contributed by atoms with Crippen molar-refractivity contribution in [2.75, 3.05) is 6.54 Å². The van der Waals surface area contributed by atoms with Crippen molar-refractivity contribution in [3.05, 3.63) is 89.9 Å². The van der Waals surface area contributed by atoms with E-state index in [4.69, 9.17) is 9.15 Å². The molecule has 26 heavy (non-hydrogen) atoms. The molecule has 2 N–H and O–H groups in total. The second-order valence-electron chi connectivity index (χ2n) is 6.86. The Morgan fingerprint density at radius 1 is 0.923 bits per heavy atom. The molecule has 0 radical (unpaired) electrons. The molecule has 0 saturated carbocycles. The molecule has 0 bridgehead atoms. The highest BCUT2D eigenvalue weighted by Gasteiger charge is 2.17. The lowest BCUT2D eigenvalue weighted by molar-refractivity contribution is -0.671. The molecule has 0 aliphatic rings. The van der Waals surface area contributed by atoms with Crippen molar-refractivity contribution in [3.63, 3.8) is 0 Å².